The molecule has 1 aliphatic rings. The number of carbonyl (C=O) groups excluding carboxylic acids is 2. The molecule has 1 saturated heterocycles. The van der Waals surface area contributed by atoms with E-state index in [0.29, 0.717) is 12.3 Å². The Hall–Kier alpha value is -2.21. The number of likely N-dealkylation sites (N-methyl/N-ethyl adjacent to an activating group) is 1. The number of furan rings is 1. The predicted octanol–water partition coefficient (Wildman–Crippen LogP) is 1.48. The zero-order valence-electron chi connectivity index (χ0n) is 10.3. The summed E-state index contributed by atoms with van der Waals surface area (Å²) < 4.78 is 5.10. The Morgan fingerprint density at radius 3 is 2.89 bits per heavy atom. The van der Waals surface area contributed by atoms with E-state index in [1.165, 1.54) is 11.0 Å². The third-order valence-corrected chi connectivity index (χ3v) is 2.89. The zero-order valence-corrected chi connectivity index (χ0v) is 11.1. The Labute approximate surface area is 115 Å². The van der Waals surface area contributed by atoms with Crippen LogP contribution in [0.15, 0.2) is 40.5 Å². The first-order valence-electron chi connectivity index (χ1n) is 5.72. The molecule has 2 rings (SSSR count). The fourth-order valence-corrected chi connectivity index (χ4v) is 1.93. The van der Waals surface area contributed by atoms with Gasteiger partial charge in [0.05, 0.1) is 6.26 Å². The van der Waals surface area contributed by atoms with Crippen molar-refractivity contribution in [1.29, 1.82) is 0 Å². The van der Waals surface area contributed by atoms with Crippen molar-refractivity contribution in [1.82, 2.24) is 10.2 Å². The van der Waals surface area contributed by atoms with Gasteiger partial charge in [0.15, 0.2) is 5.11 Å². The fourth-order valence-electron chi connectivity index (χ4n) is 1.63. The lowest BCUT2D eigenvalue weighted by atomic mass is 10.1. The molecular weight excluding hydrogens is 264 g/mol. The molecule has 0 bridgehead atoms. The van der Waals surface area contributed by atoms with Crippen LogP contribution in [0.25, 0.3) is 6.08 Å². The van der Waals surface area contributed by atoms with Gasteiger partial charge in [-0.05, 0) is 43.4 Å². The molecule has 0 atom stereocenters. The van der Waals surface area contributed by atoms with E-state index in [4.69, 9.17) is 16.6 Å². The second-order valence-corrected chi connectivity index (χ2v) is 4.15. The molecule has 5 nitrogen and oxygen atoms in total. The number of hydrogen-bond acceptors (Lipinski definition) is 4. The van der Waals surface area contributed by atoms with Crippen LogP contribution >= 0.6 is 12.2 Å². The lowest BCUT2D eigenvalue weighted by Crippen LogP contribution is -2.53. The van der Waals surface area contributed by atoms with Gasteiger partial charge < -0.3 is 4.42 Å². The van der Waals surface area contributed by atoms with Gasteiger partial charge in [-0.15, -0.1) is 0 Å². The van der Waals surface area contributed by atoms with E-state index in [1.807, 2.05) is 0 Å². The van der Waals surface area contributed by atoms with Crippen LogP contribution in [0, 0.1) is 0 Å². The van der Waals surface area contributed by atoms with E-state index < -0.39 is 5.91 Å². The van der Waals surface area contributed by atoms with Crippen LogP contribution < -0.4 is 5.32 Å². The molecule has 19 heavy (non-hydrogen) atoms. The van der Waals surface area contributed by atoms with Crippen LogP contribution in [0.2, 0.25) is 0 Å². The van der Waals surface area contributed by atoms with Crippen LogP contribution in [0.3, 0.4) is 0 Å². The van der Waals surface area contributed by atoms with Crippen molar-refractivity contribution in [3.63, 3.8) is 0 Å². The van der Waals surface area contributed by atoms with Gasteiger partial charge in [0.25, 0.3) is 11.8 Å². The molecule has 1 aromatic heterocycles. The summed E-state index contributed by atoms with van der Waals surface area (Å²) in [5.74, 6) is -0.229. The topological polar surface area (TPSA) is 62.6 Å². The summed E-state index contributed by atoms with van der Waals surface area (Å²) in [5, 5.41) is 2.62. The molecule has 2 amide bonds. The summed E-state index contributed by atoms with van der Waals surface area (Å²) in [5.41, 5.74) is 0.0539. The molecular formula is C13H12N2O3S. The number of rotatable bonds is 3. The molecule has 0 radical (unpaired) electrons. The Morgan fingerprint density at radius 1 is 1.47 bits per heavy atom. The van der Waals surface area contributed by atoms with Crippen LogP contribution in [0.5, 0.6) is 0 Å². The highest BCUT2D eigenvalue weighted by Crippen LogP contribution is 2.10. The number of thiocarbonyl (C=S) groups is 1. The maximum Gasteiger partial charge on any atom is 0.265 e. The van der Waals surface area contributed by atoms with Gasteiger partial charge in [0.1, 0.15) is 11.3 Å². The first-order chi connectivity index (χ1) is 9.13. The minimum Gasteiger partial charge on any atom is -0.465 e. The van der Waals surface area contributed by atoms with Crippen LogP contribution in [-0.4, -0.2) is 28.4 Å². The van der Waals surface area contributed by atoms with Gasteiger partial charge in [0.2, 0.25) is 0 Å². The zero-order chi connectivity index (χ0) is 13.8. The average Bonchev–Trinajstić information content (AvgIpc) is 2.86. The Balaban J connectivity index is 2.20. The highest BCUT2D eigenvalue weighted by Gasteiger charge is 2.31. The number of amides is 2. The van der Waals surface area contributed by atoms with E-state index in [9.17, 15) is 9.59 Å². The SMILES string of the molecule is CCN1C(=O)/C(=C/C=C/c2ccco2)C(=O)NC1=S. The first-order valence-corrected chi connectivity index (χ1v) is 6.13. The van der Waals surface area contributed by atoms with E-state index in [2.05, 4.69) is 5.32 Å². The average molecular weight is 276 g/mol. The Bertz CT molecular complexity index is 573. The minimum absolute atomic E-state index is 0.0539. The monoisotopic (exact) mass is 276 g/mol. The van der Waals surface area contributed by atoms with Gasteiger partial charge in [0, 0.05) is 6.54 Å². The van der Waals surface area contributed by atoms with Gasteiger partial charge in [-0.3, -0.25) is 19.8 Å². The second-order valence-electron chi connectivity index (χ2n) is 3.76. The molecule has 6 heteroatoms. The van der Waals surface area contributed by atoms with Gasteiger partial charge >= 0.3 is 0 Å². The molecule has 2 heterocycles. The molecule has 0 saturated carbocycles. The lowest BCUT2D eigenvalue weighted by molar-refractivity contribution is -0.128. The molecule has 1 N–H and O–H groups in total. The van der Waals surface area contributed by atoms with Gasteiger partial charge in [-0.1, -0.05) is 6.08 Å². The number of nitrogens with zero attached hydrogens (tertiary/aromatic N) is 1. The summed E-state index contributed by atoms with van der Waals surface area (Å²) in [6, 6.07) is 3.52. The highest BCUT2D eigenvalue weighted by atomic mass is 32.1. The van der Waals surface area contributed by atoms with Crippen molar-refractivity contribution in [2.45, 2.75) is 6.92 Å². The van der Waals surface area contributed by atoms with Crippen LogP contribution in [-0.2, 0) is 9.59 Å². The van der Waals surface area contributed by atoms with E-state index in [0.717, 1.165) is 0 Å². The van der Waals surface area contributed by atoms with E-state index in [-0.39, 0.29) is 16.6 Å². The van der Waals surface area contributed by atoms with Crippen molar-refractivity contribution in [3.8, 4) is 0 Å². The predicted molar refractivity (Wildman–Crippen MR) is 74.0 cm³/mol. The molecule has 1 fully saturated rings. The third kappa shape index (κ3) is 2.79. The normalized spacial score (nSPS) is 18.5. The molecule has 0 aromatic carbocycles. The summed E-state index contributed by atoms with van der Waals surface area (Å²) in [4.78, 5) is 25.1. The summed E-state index contributed by atoms with van der Waals surface area (Å²) >= 11 is 4.92. The number of carbonyl (C=O) groups is 2. The largest absolute Gasteiger partial charge is 0.465 e. The molecule has 98 valence electrons. The summed E-state index contributed by atoms with van der Waals surface area (Å²) in [6.45, 7) is 2.20. The van der Waals surface area contributed by atoms with Gasteiger partial charge in [-0.25, -0.2) is 0 Å². The molecule has 1 aromatic rings. The Morgan fingerprint density at radius 2 is 2.26 bits per heavy atom. The first kappa shape index (κ1) is 13.2. The quantitative estimate of drug-likeness (QED) is 0.516. The van der Waals surface area contributed by atoms with Gasteiger partial charge in [-0.2, -0.15) is 0 Å². The molecule has 0 aliphatic carbocycles. The van der Waals surface area contributed by atoms with E-state index in [1.54, 1.807) is 37.5 Å². The van der Waals surface area contributed by atoms with Crippen LogP contribution in [0.4, 0.5) is 0 Å². The number of allylic oxidation sites excluding steroid dienone is 2. The number of nitrogens with one attached hydrogen (secondary N) is 1. The van der Waals surface area contributed by atoms with Crippen LogP contribution in [0.1, 0.15) is 12.7 Å². The van der Waals surface area contributed by atoms with E-state index >= 15 is 0 Å². The summed E-state index contributed by atoms with van der Waals surface area (Å²) in [7, 11) is 0. The standard InChI is InChI=1S/C13H12N2O3S/c1-2-15-12(17)10(11(16)14-13(15)19)7-3-5-9-6-4-8-18-9/h3-8H,2H2,1H3,(H,14,16,19)/b5-3+,10-7+. The minimum atomic E-state index is -0.483. The summed E-state index contributed by atoms with van der Waals surface area (Å²) in [6.07, 6.45) is 6.25. The fraction of sp³-hybridized carbons (Fsp3) is 0.154. The number of hydrogen-bond donors (Lipinski definition) is 1. The van der Waals surface area contributed by atoms with Crippen molar-refractivity contribution in [3.05, 3.63) is 41.9 Å². The maximum absolute atomic E-state index is 12.0. The van der Waals surface area contributed by atoms with Crippen molar-refractivity contribution < 1.29 is 14.0 Å². The molecule has 1 aliphatic heterocycles. The third-order valence-electron chi connectivity index (χ3n) is 2.57. The molecule has 0 unspecified atom stereocenters. The Kier molecular flexibility index (Phi) is 3.91. The lowest BCUT2D eigenvalue weighted by Gasteiger charge is -2.27. The van der Waals surface area contributed by atoms with Crippen molar-refractivity contribution in [2.24, 2.45) is 0 Å². The maximum atomic E-state index is 12.0. The van der Waals surface area contributed by atoms with Crippen molar-refractivity contribution in [2.75, 3.05) is 6.54 Å². The second kappa shape index (κ2) is 5.62. The smallest absolute Gasteiger partial charge is 0.265 e. The van der Waals surface area contributed by atoms with Crippen molar-refractivity contribution >= 4 is 35.2 Å². The highest BCUT2D eigenvalue weighted by molar-refractivity contribution is 7.80. The molecule has 0 spiro atoms.